The lowest BCUT2D eigenvalue weighted by atomic mass is 9.97. The molecule has 8 heterocycles. The molecule has 0 radical (unpaired) electrons. The van der Waals surface area contributed by atoms with Crippen molar-refractivity contribution in [3.8, 4) is 23.1 Å². The van der Waals surface area contributed by atoms with E-state index in [2.05, 4.69) is 37.0 Å². The minimum atomic E-state index is -4.85. The Morgan fingerprint density at radius 1 is 1.13 bits per heavy atom. The van der Waals surface area contributed by atoms with Gasteiger partial charge in [-0.25, -0.2) is 14.4 Å². The number of rotatable bonds is 7. The van der Waals surface area contributed by atoms with Crippen LogP contribution in [-0.4, -0.2) is 94.6 Å². The molecule has 3 N–H and O–H groups in total. The Morgan fingerprint density at radius 2 is 1.87 bits per heavy atom. The highest BCUT2D eigenvalue weighted by Crippen LogP contribution is 2.49. The summed E-state index contributed by atoms with van der Waals surface area (Å²) >= 11 is 0. The first-order chi connectivity index (χ1) is 22.4. The van der Waals surface area contributed by atoms with Crippen molar-refractivity contribution in [3.05, 3.63) is 23.1 Å². The predicted octanol–water partition coefficient (Wildman–Crippen LogP) is 4.11. The quantitative estimate of drug-likeness (QED) is 0.357. The Kier molecular flexibility index (Phi) is 7.19. The zero-order chi connectivity index (χ0) is 32.8. The average Bonchev–Trinajstić information content (AvgIpc) is 3.79. The highest BCUT2D eigenvalue weighted by atomic mass is 19.4. The summed E-state index contributed by atoms with van der Waals surface area (Å²) in [5, 5.41) is 3.73. The Labute approximate surface area is 269 Å². The maximum atomic E-state index is 16.8. The summed E-state index contributed by atoms with van der Waals surface area (Å²) in [5.41, 5.74) is 2.98. The number of hydrogen-bond donors (Lipinski definition) is 2. The van der Waals surface area contributed by atoms with Gasteiger partial charge in [0.1, 0.15) is 34.3 Å². The van der Waals surface area contributed by atoms with Gasteiger partial charge in [0, 0.05) is 56.2 Å². The van der Waals surface area contributed by atoms with Crippen molar-refractivity contribution in [1.82, 2.24) is 30.2 Å². The Morgan fingerprint density at radius 3 is 2.55 bits per heavy atom. The number of piperazine rings is 1. The van der Waals surface area contributed by atoms with Crippen molar-refractivity contribution >= 4 is 22.5 Å². The van der Waals surface area contributed by atoms with Crippen molar-refractivity contribution in [2.45, 2.75) is 83.0 Å². The molecule has 1 saturated carbocycles. The summed E-state index contributed by atoms with van der Waals surface area (Å²) in [6.45, 7) is 9.25. The number of pyridine rings is 2. The molecule has 15 heteroatoms. The predicted molar refractivity (Wildman–Crippen MR) is 165 cm³/mol. The van der Waals surface area contributed by atoms with Crippen LogP contribution in [0.4, 0.5) is 29.2 Å². The number of nitrogens with two attached hydrogens (primary N) is 1. The van der Waals surface area contributed by atoms with E-state index in [9.17, 15) is 13.2 Å². The van der Waals surface area contributed by atoms with Gasteiger partial charge in [-0.15, -0.1) is 0 Å². The SMILES string of the molecule is CC[C@@H]1CN2c3nc(OCC4(CN5CC6CC(C5)O6)CC4)nc4c(F)c(-c5cc(N)nc(C)c5C(F)(F)F)nc(c34)O[C@@H](C)[C@@H]2CN1. The number of nitrogens with one attached hydrogen (secondary N) is 1. The summed E-state index contributed by atoms with van der Waals surface area (Å²) in [6.07, 6.45) is -0.783. The molecule has 0 spiro atoms. The van der Waals surface area contributed by atoms with Crippen molar-refractivity contribution in [2.24, 2.45) is 5.41 Å². The molecule has 5 atom stereocenters. The van der Waals surface area contributed by atoms with Crippen molar-refractivity contribution < 1.29 is 31.8 Å². The first kappa shape index (κ1) is 30.8. The molecular weight excluding hydrogens is 620 g/mol. The molecule has 6 aliphatic rings. The lowest BCUT2D eigenvalue weighted by Crippen LogP contribution is -2.60. The highest BCUT2D eigenvalue weighted by Gasteiger charge is 2.48. The monoisotopic (exact) mass is 658 g/mol. The fraction of sp³-hybridized carbons (Fsp3) is 0.625. The second kappa shape index (κ2) is 11.0. The summed E-state index contributed by atoms with van der Waals surface area (Å²) in [6, 6.07) is 0.881. The number of morpholine rings is 1. The van der Waals surface area contributed by atoms with E-state index in [0.29, 0.717) is 37.7 Å². The Balaban J connectivity index is 1.24. The van der Waals surface area contributed by atoms with E-state index in [0.717, 1.165) is 51.4 Å². The molecule has 2 bridgehead atoms. The fourth-order valence-electron chi connectivity index (χ4n) is 7.69. The number of fused-ring (bicyclic) bond motifs is 4. The van der Waals surface area contributed by atoms with Crippen molar-refractivity contribution in [1.29, 1.82) is 0 Å². The zero-order valence-electron chi connectivity index (χ0n) is 26.5. The molecule has 1 aliphatic carbocycles. The van der Waals surface area contributed by atoms with E-state index in [-0.39, 0.29) is 51.8 Å². The topological polar surface area (TPSA) is 124 Å². The number of aromatic nitrogens is 4. The van der Waals surface area contributed by atoms with Gasteiger partial charge in [-0.1, -0.05) is 6.92 Å². The number of alkyl halides is 3. The number of hydrogen-bond acceptors (Lipinski definition) is 11. The number of piperidine rings is 1. The summed E-state index contributed by atoms with van der Waals surface area (Å²) in [5.74, 6) is -0.885. The van der Waals surface area contributed by atoms with Crippen LogP contribution in [0.5, 0.6) is 11.9 Å². The lowest BCUT2D eigenvalue weighted by molar-refractivity contribution is -0.183. The first-order valence-electron chi connectivity index (χ1n) is 16.3. The molecule has 5 fully saturated rings. The molecule has 0 aromatic carbocycles. The number of halogens is 4. The Hall–Kier alpha value is -3.56. The van der Waals surface area contributed by atoms with Crippen LogP contribution in [0.15, 0.2) is 6.07 Å². The molecule has 2 unspecified atom stereocenters. The van der Waals surface area contributed by atoms with Crippen LogP contribution in [0.1, 0.15) is 50.8 Å². The molecular formula is C32H38F4N8O3. The van der Waals surface area contributed by atoms with Gasteiger partial charge in [-0.05, 0) is 39.2 Å². The van der Waals surface area contributed by atoms with Crippen molar-refractivity contribution in [3.63, 3.8) is 0 Å². The van der Waals surface area contributed by atoms with Gasteiger partial charge in [0.25, 0.3) is 0 Å². The summed E-state index contributed by atoms with van der Waals surface area (Å²) < 4.78 is 78.3. The number of aryl methyl sites for hydroxylation is 1. The van der Waals surface area contributed by atoms with Gasteiger partial charge in [-0.2, -0.15) is 23.1 Å². The van der Waals surface area contributed by atoms with E-state index >= 15 is 4.39 Å². The maximum absolute atomic E-state index is 16.8. The van der Waals surface area contributed by atoms with Crippen LogP contribution in [0, 0.1) is 18.2 Å². The molecule has 47 heavy (non-hydrogen) atoms. The molecule has 252 valence electrons. The third kappa shape index (κ3) is 5.39. The number of anilines is 2. The lowest BCUT2D eigenvalue weighted by Gasteiger charge is -2.48. The van der Waals surface area contributed by atoms with Crippen molar-refractivity contribution in [2.75, 3.05) is 50.0 Å². The first-order valence-corrected chi connectivity index (χ1v) is 16.3. The standard InChI is InChI=1S/C32H38F4N8O3/c1-4-17-10-44-21(9-38-17)16(3)46-29-23-27(25(33)26(40-29)20-8-22(37)39-15(2)24(20)32(34,35)36)41-30(42-28(23)44)45-14-31(5-6-31)13-43-11-18-7-19(12-43)47-18/h8,16-19,21,38H,4-7,9-14H2,1-3H3,(H2,37,39)/t16-,17+,18?,19?,21-/m0/s1. The largest absolute Gasteiger partial charge is 0.472 e. The molecule has 3 aromatic rings. The van der Waals surface area contributed by atoms with Gasteiger partial charge in [0.05, 0.1) is 36.1 Å². The molecule has 5 aliphatic heterocycles. The van der Waals surface area contributed by atoms with Crippen LogP contribution in [0.2, 0.25) is 0 Å². The zero-order valence-corrected chi connectivity index (χ0v) is 26.5. The summed E-state index contributed by atoms with van der Waals surface area (Å²) in [7, 11) is 0. The minimum Gasteiger partial charge on any atom is -0.472 e. The van der Waals surface area contributed by atoms with Crippen LogP contribution in [0.3, 0.4) is 0 Å². The summed E-state index contributed by atoms with van der Waals surface area (Å²) in [4.78, 5) is 22.0. The Bertz CT molecular complexity index is 1720. The van der Waals surface area contributed by atoms with E-state index < -0.39 is 34.9 Å². The van der Waals surface area contributed by atoms with Crippen LogP contribution >= 0.6 is 0 Å². The van der Waals surface area contributed by atoms with Gasteiger partial charge in [0.15, 0.2) is 5.82 Å². The molecule has 9 rings (SSSR count). The molecule has 11 nitrogen and oxygen atoms in total. The fourth-order valence-corrected chi connectivity index (χ4v) is 7.69. The average molecular weight is 659 g/mol. The van der Waals surface area contributed by atoms with Gasteiger partial charge in [-0.3, -0.25) is 4.90 Å². The van der Waals surface area contributed by atoms with Gasteiger partial charge < -0.3 is 30.2 Å². The molecule has 3 aromatic heterocycles. The van der Waals surface area contributed by atoms with Gasteiger partial charge in [0.2, 0.25) is 5.88 Å². The third-order valence-electron chi connectivity index (χ3n) is 10.4. The minimum absolute atomic E-state index is 0.0352. The highest BCUT2D eigenvalue weighted by molar-refractivity contribution is 5.97. The van der Waals surface area contributed by atoms with E-state index in [1.165, 1.54) is 6.92 Å². The van der Waals surface area contributed by atoms with Crippen LogP contribution in [-0.2, 0) is 10.9 Å². The second-order valence-corrected chi connectivity index (χ2v) is 13.8. The van der Waals surface area contributed by atoms with Gasteiger partial charge >= 0.3 is 12.2 Å². The van der Waals surface area contributed by atoms with E-state index in [4.69, 9.17) is 24.9 Å². The maximum Gasteiger partial charge on any atom is 0.418 e. The molecule has 4 saturated heterocycles. The number of nitrogen functional groups attached to an aromatic ring is 1. The smallest absolute Gasteiger partial charge is 0.418 e. The van der Waals surface area contributed by atoms with Crippen LogP contribution < -0.4 is 25.4 Å². The normalized spacial score (nSPS) is 27.9. The number of ether oxygens (including phenoxy) is 3. The molecule has 0 amide bonds. The van der Waals surface area contributed by atoms with E-state index in [1.807, 2.05) is 6.92 Å². The third-order valence-corrected chi connectivity index (χ3v) is 10.4. The van der Waals surface area contributed by atoms with Crippen LogP contribution in [0.25, 0.3) is 22.2 Å². The van der Waals surface area contributed by atoms with E-state index in [1.54, 1.807) is 0 Å². The second-order valence-electron chi connectivity index (χ2n) is 13.8. The number of nitrogens with zero attached hydrogens (tertiary/aromatic N) is 6.